The number of hydrogen-bond donors (Lipinski definition) is 1. The summed E-state index contributed by atoms with van der Waals surface area (Å²) in [6, 6.07) is 1.87. The molecule has 0 radical (unpaired) electrons. The molecule has 1 saturated carbocycles. The number of carboxylic acid groups (broad SMARTS) is 1. The highest BCUT2D eigenvalue weighted by atomic mass is 35.5. The van der Waals surface area contributed by atoms with Gasteiger partial charge in [-0.2, -0.15) is 0 Å². The van der Waals surface area contributed by atoms with Gasteiger partial charge in [0.15, 0.2) is 5.78 Å². The van der Waals surface area contributed by atoms with Gasteiger partial charge in [0.2, 0.25) is 5.78 Å². The summed E-state index contributed by atoms with van der Waals surface area (Å²) < 4.78 is 0. The molecule has 2 aliphatic carbocycles. The first kappa shape index (κ1) is 21.3. The summed E-state index contributed by atoms with van der Waals surface area (Å²) in [6.07, 6.45) is 8.13. The van der Waals surface area contributed by atoms with Gasteiger partial charge in [0.1, 0.15) is 0 Å². The third-order valence-electron chi connectivity index (χ3n) is 6.52. The smallest absolute Gasteiger partial charge is 0.372 e. The average molecular weight is 425 g/mol. The van der Waals surface area contributed by atoms with Crippen molar-refractivity contribution in [3.05, 3.63) is 32.8 Å². The Morgan fingerprint density at radius 3 is 2.50 bits per heavy atom. The fourth-order valence-corrected chi connectivity index (χ4v) is 5.61. The van der Waals surface area contributed by atoms with Crippen molar-refractivity contribution in [2.24, 2.45) is 11.3 Å². The lowest BCUT2D eigenvalue weighted by atomic mass is 9.68. The van der Waals surface area contributed by atoms with E-state index in [1.807, 2.05) is 6.07 Å². The predicted octanol–water partition coefficient (Wildman–Crippen LogP) is 5.69. The molecule has 0 spiro atoms. The SMILES string of the molecule is CCCCC1(C2CCCC2)Cc2cc(CCC(=O)C(=O)O)c(Cl)c(Cl)c2C1=O. The summed E-state index contributed by atoms with van der Waals surface area (Å²) in [5.41, 5.74) is 1.70. The Bertz CT molecular complexity index is 811. The van der Waals surface area contributed by atoms with Crippen LogP contribution in [0, 0.1) is 11.3 Å². The van der Waals surface area contributed by atoms with Gasteiger partial charge >= 0.3 is 5.97 Å². The molecule has 28 heavy (non-hydrogen) atoms. The summed E-state index contributed by atoms with van der Waals surface area (Å²) in [4.78, 5) is 35.8. The molecule has 0 heterocycles. The highest BCUT2D eigenvalue weighted by Gasteiger charge is 2.51. The number of fused-ring (bicyclic) bond motifs is 1. The molecular weight excluding hydrogens is 399 g/mol. The Labute approximate surface area is 175 Å². The van der Waals surface area contributed by atoms with Gasteiger partial charge in [-0.15, -0.1) is 0 Å². The number of ketones is 2. The molecule has 1 unspecified atom stereocenters. The number of carboxylic acids is 1. The fourth-order valence-electron chi connectivity index (χ4n) is 5.03. The van der Waals surface area contributed by atoms with E-state index in [0.29, 0.717) is 23.5 Å². The lowest BCUT2D eigenvalue weighted by Crippen LogP contribution is -2.35. The second-order valence-corrected chi connectivity index (χ2v) is 8.93. The quantitative estimate of drug-likeness (QED) is 0.544. The maximum absolute atomic E-state index is 13.6. The second-order valence-electron chi connectivity index (χ2n) is 8.17. The molecule has 1 aromatic rings. The number of halogens is 2. The molecule has 1 fully saturated rings. The van der Waals surface area contributed by atoms with Gasteiger partial charge in [-0.05, 0) is 49.1 Å². The van der Waals surface area contributed by atoms with Gasteiger partial charge in [-0.25, -0.2) is 4.79 Å². The molecule has 1 N–H and O–H groups in total. The topological polar surface area (TPSA) is 71.4 Å². The van der Waals surface area contributed by atoms with Crippen LogP contribution in [0.25, 0.3) is 0 Å². The van der Waals surface area contributed by atoms with Gasteiger partial charge in [0, 0.05) is 17.4 Å². The van der Waals surface area contributed by atoms with E-state index in [-0.39, 0.29) is 28.7 Å². The molecule has 0 saturated heterocycles. The molecule has 1 aromatic carbocycles. The zero-order chi connectivity index (χ0) is 20.5. The summed E-state index contributed by atoms with van der Waals surface area (Å²) in [5, 5.41) is 9.32. The minimum Gasteiger partial charge on any atom is -0.476 e. The van der Waals surface area contributed by atoms with Crippen molar-refractivity contribution in [3.63, 3.8) is 0 Å². The van der Waals surface area contributed by atoms with E-state index < -0.39 is 17.2 Å². The van der Waals surface area contributed by atoms with Crippen LogP contribution >= 0.6 is 23.2 Å². The molecule has 0 bridgehead atoms. The van der Waals surface area contributed by atoms with Crippen molar-refractivity contribution in [1.29, 1.82) is 0 Å². The van der Waals surface area contributed by atoms with Crippen molar-refractivity contribution in [3.8, 4) is 0 Å². The molecule has 0 amide bonds. The van der Waals surface area contributed by atoms with Gasteiger partial charge < -0.3 is 5.11 Å². The first-order valence-electron chi connectivity index (χ1n) is 10.1. The predicted molar refractivity (Wildman–Crippen MR) is 109 cm³/mol. The van der Waals surface area contributed by atoms with Crippen LogP contribution in [-0.4, -0.2) is 22.6 Å². The molecular formula is C22H26Cl2O4. The van der Waals surface area contributed by atoms with Crippen molar-refractivity contribution in [2.45, 2.75) is 71.1 Å². The molecule has 1 atom stereocenters. The van der Waals surface area contributed by atoms with E-state index >= 15 is 0 Å². The fraction of sp³-hybridized carbons (Fsp3) is 0.591. The number of benzene rings is 1. The summed E-state index contributed by atoms with van der Waals surface area (Å²) in [6.45, 7) is 2.14. The Balaban J connectivity index is 1.95. The lowest BCUT2D eigenvalue weighted by molar-refractivity contribution is -0.149. The highest BCUT2D eigenvalue weighted by Crippen LogP contribution is 2.54. The van der Waals surface area contributed by atoms with Crippen LogP contribution < -0.4 is 0 Å². The van der Waals surface area contributed by atoms with E-state index in [0.717, 1.165) is 37.7 Å². The van der Waals surface area contributed by atoms with E-state index in [9.17, 15) is 14.4 Å². The Morgan fingerprint density at radius 1 is 1.21 bits per heavy atom. The number of carbonyl (C=O) groups excluding carboxylic acids is 2. The monoisotopic (exact) mass is 424 g/mol. The average Bonchev–Trinajstić information content (AvgIpc) is 3.29. The molecule has 2 aliphatic rings. The minimum atomic E-state index is -1.45. The number of carbonyl (C=O) groups is 3. The summed E-state index contributed by atoms with van der Waals surface area (Å²) >= 11 is 12.9. The van der Waals surface area contributed by atoms with Crippen LogP contribution in [0.4, 0.5) is 0 Å². The maximum Gasteiger partial charge on any atom is 0.372 e. The van der Waals surface area contributed by atoms with Crippen LogP contribution in [-0.2, 0) is 22.4 Å². The number of unbranched alkanes of at least 4 members (excludes halogenated alkanes) is 1. The summed E-state index contributed by atoms with van der Waals surface area (Å²) in [7, 11) is 0. The van der Waals surface area contributed by atoms with Crippen molar-refractivity contribution < 1.29 is 19.5 Å². The Hall–Kier alpha value is -1.39. The van der Waals surface area contributed by atoms with Crippen LogP contribution in [0.3, 0.4) is 0 Å². The van der Waals surface area contributed by atoms with Crippen molar-refractivity contribution in [2.75, 3.05) is 0 Å². The second kappa shape index (κ2) is 8.54. The van der Waals surface area contributed by atoms with E-state index in [2.05, 4.69) is 6.92 Å². The largest absolute Gasteiger partial charge is 0.476 e. The van der Waals surface area contributed by atoms with Gasteiger partial charge in [-0.1, -0.05) is 61.9 Å². The first-order valence-corrected chi connectivity index (χ1v) is 10.9. The van der Waals surface area contributed by atoms with E-state index in [1.165, 1.54) is 12.8 Å². The number of Topliss-reactive ketones (excluding diaryl/α,β-unsaturated/α-hetero) is 2. The van der Waals surface area contributed by atoms with Gasteiger partial charge in [-0.3, -0.25) is 9.59 Å². The third-order valence-corrected chi connectivity index (χ3v) is 7.43. The lowest BCUT2D eigenvalue weighted by Gasteiger charge is -2.34. The first-order chi connectivity index (χ1) is 13.3. The molecule has 152 valence electrons. The zero-order valence-corrected chi connectivity index (χ0v) is 17.7. The zero-order valence-electron chi connectivity index (χ0n) is 16.2. The van der Waals surface area contributed by atoms with Crippen molar-refractivity contribution in [1.82, 2.24) is 0 Å². The molecule has 4 nitrogen and oxygen atoms in total. The number of hydrogen-bond acceptors (Lipinski definition) is 3. The minimum absolute atomic E-state index is 0.128. The van der Waals surface area contributed by atoms with Gasteiger partial charge in [0.05, 0.1) is 10.0 Å². The van der Waals surface area contributed by atoms with Crippen molar-refractivity contribution >= 4 is 40.7 Å². The standard InChI is InChI=1S/C22H26Cl2O4/c1-2-3-10-22(15-6-4-5-7-15)12-14-11-13(8-9-16(25)21(27)28)18(23)19(24)17(14)20(22)26/h11,15H,2-10,12H2,1H3,(H,27,28). The molecule has 0 aromatic heterocycles. The third kappa shape index (κ3) is 3.73. The number of rotatable bonds is 8. The summed E-state index contributed by atoms with van der Waals surface area (Å²) in [5.74, 6) is -1.79. The van der Waals surface area contributed by atoms with Crippen LogP contribution in [0.15, 0.2) is 6.07 Å². The number of aryl methyl sites for hydroxylation is 1. The van der Waals surface area contributed by atoms with Crippen LogP contribution in [0.1, 0.15) is 79.8 Å². The Morgan fingerprint density at radius 2 is 1.89 bits per heavy atom. The van der Waals surface area contributed by atoms with Gasteiger partial charge in [0.25, 0.3) is 0 Å². The van der Waals surface area contributed by atoms with E-state index in [4.69, 9.17) is 28.3 Å². The van der Waals surface area contributed by atoms with E-state index in [1.54, 1.807) is 0 Å². The maximum atomic E-state index is 13.6. The normalized spacial score (nSPS) is 21.9. The Kier molecular flexibility index (Phi) is 6.51. The molecule has 3 rings (SSSR count). The van der Waals surface area contributed by atoms with Crippen LogP contribution in [0.5, 0.6) is 0 Å². The molecule has 0 aliphatic heterocycles. The van der Waals surface area contributed by atoms with Crippen LogP contribution in [0.2, 0.25) is 10.0 Å². The number of aliphatic carboxylic acids is 1. The highest BCUT2D eigenvalue weighted by molar-refractivity contribution is 6.45. The molecule has 6 heteroatoms.